The van der Waals surface area contributed by atoms with Gasteiger partial charge in [0, 0.05) is 30.1 Å². The number of carbonyl (C=O) groups excluding carboxylic acids is 1. The number of benzene rings is 3. The number of amides is 1. The van der Waals surface area contributed by atoms with E-state index in [1.807, 2.05) is 60.1 Å². The number of aromatic nitrogens is 1. The fourth-order valence-electron chi connectivity index (χ4n) is 3.84. The van der Waals surface area contributed by atoms with Gasteiger partial charge in [-0.2, -0.15) is 5.26 Å². The van der Waals surface area contributed by atoms with Crippen molar-refractivity contribution in [2.75, 3.05) is 6.61 Å². The van der Waals surface area contributed by atoms with Crippen LogP contribution in [0.15, 0.2) is 71.2 Å². The Labute approximate surface area is 188 Å². The third-order valence-corrected chi connectivity index (χ3v) is 5.98. The Balaban J connectivity index is 1.62. The van der Waals surface area contributed by atoms with Crippen molar-refractivity contribution in [2.24, 2.45) is 12.8 Å². The van der Waals surface area contributed by atoms with E-state index in [2.05, 4.69) is 40.2 Å². The number of nitrogens with zero attached hydrogens (tertiary/aromatic N) is 2. The number of nitrogens with two attached hydrogens (primary N) is 1. The van der Waals surface area contributed by atoms with Crippen LogP contribution in [0.3, 0.4) is 0 Å². The summed E-state index contributed by atoms with van der Waals surface area (Å²) in [4.78, 5) is 12.2. The van der Waals surface area contributed by atoms with Gasteiger partial charge in [0.1, 0.15) is 11.8 Å². The van der Waals surface area contributed by atoms with Crippen molar-refractivity contribution in [3.8, 4) is 22.9 Å². The van der Waals surface area contributed by atoms with Gasteiger partial charge in [-0.25, -0.2) is 0 Å². The fraction of sp³-hybridized carbons (Fsp3) is 0.120. The van der Waals surface area contributed by atoms with Gasteiger partial charge in [-0.3, -0.25) is 4.79 Å². The van der Waals surface area contributed by atoms with Crippen molar-refractivity contribution < 1.29 is 9.53 Å². The number of primary amides is 1. The molecule has 6 heteroatoms. The minimum absolute atomic E-state index is 0.00804. The van der Waals surface area contributed by atoms with Gasteiger partial charge in [-0.1, -0.05) is 48.5 Å². The molecule has 0 aliphatic carbocycles. The lowest BCUT2D eigenvalue weighted by Crippen LogP contribution is -2.14. The van der Waals surface area contributed by atoms with Gasteiger partial charge in [0.05, 0.1) is 10.0 Å². The number of rotatable bonds is 6. The lowest BCUT2D eigenvalue weighted by Gasteiger charge is -2.10. The molecular formula is C25H20BrN3O2. The van der Waals surface area contributed by atoms with E-state index in [1.165, 1.54) is 0 Å². The highest BCUT2D eigenvalue weighted by molar-refractivity contribution is 9.10. The summed E-state index contributed by atoms with van der Waals surface area (Å²) in [6, 6.07) is 23.8. The minimum atomic E-state index is -0.410. The van der Waals surface area contributed by atoms with E-state index in [-0.39, 0.29) is 6.61 Å². The smallest absolute Gasteiger partial charge is 0.251 e. The molecule has 2 N–H and O–H groups in total. The van der Waals surface area contributed by atoms with Crippen LogP contribution in [0.2, 0.25) is 0 Å². The molecule has 154 valence electrons. The normalized spacial score (nSPS) is 10.7. The maximum absolute atomic E-state index is 12.2. The molecule has 0 saturated carbocycles. The van der Waals surface area contributed by atoms with Crippen molar-refractivity contribution >= 4 is 32.7 Å². The third-order valence-electron chi connectivity index (χ3n) is 5.36. The topological polar surface area (TPSA) is 81.0 Å². The van der Waals surface area contributed by atoms with Crippen LogP contribution in [0, 0.1) is 11.3 Å². The van der Waals surface area contributed by atoms with Crippen molar-refractivity contribution in [3.63, 3.8) is 0 Å². The van der Waals surface area contributed by atoms with Gasteiger partial charge < -0.3 is 15.0 Å². The number of carbonyl (C=O) groups is 1. The summed E-state index contributed by atoms with van der Waals surface area (Å²) >= 11 is 3.50. The number of fused-ring (bicyclic) bond motifs is 1. The largest absolute Gasteiger partial charge is 0.478 e. The first-order chi connectivity index (χ1) is 15.0. The maximum Gasteiger partial charge on any atom is 0.251 e. The fourth-order valence-corrected chi connectivity index (χ4v) is 4.34. The van der Waals surface area contributed by atoms with Crippen LogP contribution in [0.25, 0.3) is 22.0 Å². The van der Waals surface area contributed by atoms with Gasteiger partial charge in [-0.05, 0) is 50.8 Å². The SMILES string of the molecule is Cn1c(Cc2ccc(-c3ccc(OCC#N)c(Br)c3)cc2)c(C(N)=O)c2ccccc21. The second-order valence-corrected chi connectivity index (χ2v) is 8.08. The molecule has 31 heavy (non-hydrogen) atoms. The number of halogens is 1. The molecule has 0 spiro atoms. The van der Waals surface area contributed by atoms with Gasteiger partial charge >= 0.3 is 0 Å². The zero-order valence-corrected chi connectivity index (χ0v) is 18.5. The molecule has 0 bridgehead atoms. The molecule has 4 aromatic rings. The van der Waals surface area contributed by atoms with Gasteiger partial charge in [-0.15, -0.1) is 0 Å². The van der Waals surface area contributed by atoms with E-state index in [0.29, 0.717) is 17.7 Å². The Morgan fingerprint density at radius 1 is 1.10 bits per heavy atom. The van der Waals surface area contributed by atoms with Gasteiger partial charge in [0.25, 0.3) is 5.91 Å². The number of nitriles is 1. The lowest BCUT2D eigenvalue weighted by molar-refractivity contribution is 0.100. The highest BCUT2D eigenvalue weighted by atomic mass is 79.9. The number of hydrogen-bond acceptors (Lipinski definition) is 3. The van der Waals surface area contributed by atoms with E-state index in [0.717, 1.165) is 37.8 Å². The average molecular weight is 474 g/mol. The number of ether oxygens (including phenoxy) is 1. The number of para-hydroxylation sites is 1. The summed E-state index contributed by atoms with van der Waals surface area (Å²) in [5.41, 5.74) is 11.4. The van der Waals surface area contributed by atoms with E-state index < -0.39 is 5.91 Å². The highest BCUT2D eigenvalue weighted by Gasteiger charge is 2.19. The van der Waals surface area contributed by atoms with Crippen molar-refractivity contribution in [3.05, 3.63) is 88.0 Å². The van der Waals surface area contributed by atoms with Crippen LogP contribution < -0.4 is 10.5 Å². The summed E-state index contributed by atoms with van der Waals surface area (Å²) in [6.07, 6.45) is 0.606. The Morgan fingerprint density at radius 2 is 1.81 bits per heavy atom. The minimum Gasteiger partial charge on any atom is -0.478 e. The maximum atomic E-state index is 12.2. The van der Waals surface area contributed by atoms with Crippen LogP contribution in [0.5, 0.6) is 5.75 Å². The first kappa shape index (κ1) is 20.7. The summed E-state index contributed by atoms with van der Waals surface area (Å²) < 4.78 is 8.22. The molecule has 1 amide bonds. The van der Waals surface area contributed by atoms with Crippen LogP contribution in [-0.4, -0.2) is 17.1 Å². The van der Waals surface area contributed by atoms with Gasteiger partial charge in [0.15, 0.2) is 6.61 Å². The standard InChI is InChI=1S/C25H20BrN3O2/c1-29-21-5-3-2-4-19(21)24(25(28)30)22(29)14-16-6-8-17(9-7-16)18-10-11-23(20(26)15-18)31-13-12-27/h2-11,15H,13-14H2,1H3,(H2,28,30). The lowest BCUT2D eigenvalue weighted by atomic mass is 10.0. The Hall–Kier alpha value is -3.56. The molecule has 0 aliphatic heterocycles. The number of hydrogen-bond donors (Lipinski definition) is 1. The Morgan fingerprint density at radius 3 is 2.48 bits per heavy atom. The van der Waals surface area contributed by atoms with E-state index in [9.17, 15) is 4.79 Å². The first-order valence-corrected chi connectivity index (χ1v) is 10.5. The van der Waals surface area contributed by atoms with Crippen LogP contribution in [0.1, 0.15) is 21.6 Å². The summed E-state index contributed by atoms with van der Waals surface area (Å²) in [7, 11) is 1.96. The van der Waals surface area contributed by atoms with Crippen LogP contribution in [-0.2, 0) is 13.5 Å². The average Bonchev–Trinajstić information content (AvgIpc) is 3.05. The van der Waals surface area contributed by atoms with Crippen molar-refractivity contribution in [1.29, 1.82) is 5.26 Å². The molecule has 0 unspecified atom stereocenters. The molecule has 3 aromatic carbocycles. The van der Waals surface area contributed by atoms with E-state index in [4.69, 9.17) is 15.7 Å². The quantitative estimate of drug-likeness (QED) is 0.417. The summed E-state index contributed by atoms with van der Waals surface area (Å²) in [5.74, 6) is 0.226. The van der Waals surface area contributed by atoms with Crippen molar-refractivity contribution in [2.45, 2.75) is 6.42 Å². The molecule has 1 aromatic heterocycles. The van der Waals surface area contributed by atoms with E-state index >= 15 is 0 Å². The predicted octanol–water partition coefficient (Wildman–Crippen LogP) is 5.20. The number of aryl methyl sites for hydroxylation is 1. The predicted molar refractivity (Wildman–Crippen MR) is 125 cm³/mol. The first-order valence-electron chi connectivity index (χ1n) is 9.74. The Kier molecular flexibility index (Phi) is 5.79. The second-order valence-electron chi connectivity index (χ2n) is 7.23. The van der Waals surface area contributed by atoms with Gasteiger partial charge in [0.2, 0.25) is 0 Å². The highest BCUT2D eigenvalue weighted by Crippen LogP contribution is 2.32. The summed E-state index contributed by atoms with van der Waals surface area (Å²) in [5, 5.41) is 9.55. The zero-order valence-electron chi connectivity index (χ0n) is 16.9. The molecule has 5 nitrogen and oxygen atoms in total. The summed E-state index contributed by atoms with van der Waals surface area (Å²) in [6.45, 7) is 0.00804. The molecular weight excluding hydrogens is 454 g/mol. The molecule has 0 aliphatic rings. The molecule has 0 fully saturated rings. The van der Waals surface area contributed by atoms with Crippen LogP contribution in [0.4, 0.5) is 0 Å². The Bertz CT molecular complexity index is 1320. The van der Waals surface area contributed by atoms with Crippen molar-refractivity contribution in [1.82, 2.24) is 4.57 Å². The molecule has 0 saturated heterocycles. The zero-order chi connectivity index (χ0) is 22.0. The van der Waals surface area contributed by atoms with Crippen LogP contribution >= 0.6 is 15.9 Å². The molecule has 1 heterocycles. The second kappa shape index (κ2) is 8.66. The molecule has 4 rings (SSSR count). The third kappa shape index (κ3) is 4.05. The molecule has 0 atom stereocenters. The van der Waals surface area contributed by atoms with E-state index in [1.54, 1.807) is 0 Å². The molecule has 0 radical (unpaired) electrons. The monoisotopic (exact) mass is 473 g/mol.